The number of thiazole rings is 1. The second-order valence-corrected chi connectivity index (χ2v) is 12.3. The Labute approximate surface area is 272 Å². The van der Waals surface area contributed by atoms with Crippen LogP contribution in [0, 0.1) is 0 Å². The molecular weight excluding hydrogens is 652 g/mol. The molecule has 45 heavy (non-hydrogen) atoms. The van der Waals surface area contributed by atoms with Gasteiger partial charge in [-0.3, -0.25) is 9.36 Å². The van der Waals surface area contributed by atoms with E-state index in [0.29, 0.717) is 49.8 Å². The molecule has 0 N–H and O–H groups in total. The van der Waals surface area contributed by atoms with Crippen molar-refractivity contribution in [1.29, 1.82) is 0 Å². The molecule has 0 saturated carbocycles. The third-order valence-electron chi connectivity index (χ3n) is 7.49. The molecule has 0 saturated heterocycles. The van der Waals surface area contributed by atoms with Crippen molar-refractivity contribution < 1.29 is 19.0 Å². The summed E-state index contributed by atoms with van der Waals surface area (Å²) in [6.45, 7) is 6.51. The van der Waals surface area contributed by atoms with E-state index in [4.69, 9.17) is 19.2 Å². The average molecular weight is 684 g/mol. The van der Waals surface area contributed by atoms with Gasteiger partial charge in [0.15, 0.2) is 16.3 Å². The van der Waals surface area contributed by atoms with E-state index in [9.17, 15) is 9.59 Å². The predicted octanol–water partition coefficient (Wildman–Crippen LogP) is 6.69. The van der Waals surface area contributed by atoms with Crippen LogP contribution in [-0.4, -0.2) is 23.8 Å². The summed E-state index contributed by atoms with van der Waals surface area (Å²) in [5, 5.41) is 1.96. The zero-order valence-electron chi connectivity index (χ0n) is 25.1. The summed E-state index contributed by atoms with van der Waals surface area (Å²) in [5.74, 6) is 0.670. The predicted molar refractivity (Wildman–Crippen MR) is 180 cm³/mol. The fraction of sp³-hybridized carbons (Fsp3) is 0.194. The van der Waals surface area contributed by atoms with E-state index in [2.05, 4.69) is 15.9 Å². The van der Waals surface area contributed by atoms with Crippen molar-refractivity contribution >= 4 is 50.1 Å². The van der Waals surface area contributed by atoms with Crippen molar-refractivity contribution in [3.8, 4) is 11.5 Å². The van der Waals surface area contributed by atoms with Crippen LogP contribution in [0.1, 0.15) is 43.5 Å². The van der Waals surface area contributed by atoms with Gasteiger partial charge in [-0.15, -0.1) is 0 Å². The fourth-order valence-corrected chi connectivity index (χ4v) is 7.15. The fourth-order valence-electron chi connectivity index (χ4n) is 5.53. The molecule has 0 unspecified atom stereocenters. The van der Waals surface area contributed by atoms with Crippen molar-refractivity contribution in [1.82, 2.24) is 4.57 Å². The van der Waals surface area contributed by atoms with Crippen LogP contribution in [0.3, 0.4) is 0 Å². The van der Waals surface area contributed by atoms with Gasteiger partial charge in [-0.2, -0.15) is 0 Å². The van der Waals surface area contributed by atoms with Crippen LogP contribution in [0.4, 0.5) is 0 Å². The van der Waals surface area contributed by atoms with E-state index < -0.39 is 12.0 Å². The lowest BCUT2D eigenvalue weighted by molar-refractivity contribution is -0.139. The molecule has 5 aromatic rings. The van der Waals surface area contributed by atoms with Crippen LogP contribution in [0.5, 0.6) is 11.5 Å². The van der Waals surface area contributed by atoms with Crippen LogP contribution < -0.4 is 24.4 Å². The molecule has 9 heteroatoms. The zero-order chi connectivity index (χ0) is 31.5. The van der Waals surface area contributed by atoms with E-state index in [1.54, 1.807) is 18.4 Å². The molecular formula is C36H31BrN2O5S. The van der Waals surface area contributed by atoms with Gasteiger partial charge in [0.2, 0.25) is 0 Å². The Morgan fingerprint density at radius 2 is 1.73 bits per heavy atom. The molecule has 4 aromatic carbocycles. The topological polar surface area (TPSA) is 79.1 Å². The van der Waals surface area contributed by atoms with E-state index >= 15 is 0 Å². The van der Waals surface area contributed by atoms with Crippen molar-refractivity contribution in [2.75, 3.05) is 13.2 Å². The minimum Gasteiger partial charge on any atom is -0.490 e. The van der Waals surface area contributed by atoms with Gasteiger partial charge in [-0.05, 0) is 82.4 Å². The van der Waals surface area contributed by atoms with E-state index in [1.165, 1.54) is 11.3 Å². The van der Waals surface area contributed by atoms with Crippen LogP contribution in [-0.2, 0) is 16.1 Å². The summed E-state index contributed by atoms with van der Waals surface area (Å²) in [7, 11) is 0. The lowest BCUT2D eigenvalue weighted by Gasteiger charge is -2.25. The first kappa shape index (κ1) is 30.6. The number of carbonyl (C=O) groups excluding carboxylic acids is 1. The smallest absolute Gasteiger partial charge is 0.338 e. The number of carbonyl (C=O) groups is 1. The number of allylic oxidation sites excluding steroid dienone is 1. The Hall–Kier alpha value is -4.47. The Morgan fingerprint density at radius 1 is 0.978 bits per heavy atom. The normalized spacial score (nSPS) is 14.7. The molecule has 0 radical (unpaired) electrons. The lowest BCUT2D eigenvalue weighted by Crippen LogP contribution is -2.40. The number of aromatic nitrogens is 1. The number of rotatable bonds is 9. The van der Waals surface area contributed by atoms with Gasteiger partial charge in [0.05, 0.1) is 39.5 Å². The summed E-state index contributed by atoms with van der Waals surface area (Å²) in [6, 6.07) is 26.9. The zero-order valence-corrected chi connectivity index (χ0v) is 27.5. The average Bonchev–Trinajstić information content (AvgIpc) is 3.34. The Kier molecular flexibility index (Phi) is 9.00. The molecule has 1 aromatic heterocycles. The van der Waals surface area contributed by atoms with Gasteiger partial charge in [0.1, 0.15) is 6.61 Å². The summed E-state index contributed by atoms with van der Waals surface area (Å²) in [6.07, 6.45) is 1.82. The summed E-state index contributed by atoms with van der Waals surface area (Å²) >= 11 is 4.94. The third-order valence-corrected chi connectivity index (χ3v) is 9.06. The van der Waals surface area contributed by atoms with Crippen molar-refractivity contribution in [3.05, 3.63) is 137 Å². The Balaban J connectivity index is 1.48. The monoisotopic (exact) mass is 682 g/mol. The standard InChI is InChI=1S/C36H31BrN2O5S/c1-4-42-29-19-24(18-28(37)33(29)44-21-23-12-7-6-8-13-23)20-30-34(40)39-32(27-17-11-15-25-14-9-10-16-26(25)27)31(35(41)43-5-2)22(3)38-36(39)45-30/h6-20,32H,4-5,21H2,1-3H3/b30-20+/t32-/m0/s1. The van der Waals surface area contributed by atoms with Gasteiger partial charge >= 0.3 is 5.97 Å². The van der Waals surface area contributed by atoms with Gasteiger partial charge in [0, 0.05) is 0 Å². The number of esters is 1. The maximum absolute atomic E-state index is 14.2. The van der Waals surface area contributed by atoms with Gasteiger partial charge in [-0.25, -0.2) is 9.79 Å². The van der Waals surface area contributed by atoms with Crippen LogP contribution >= 0.6 is 27.3 Å². The molecule has 1 atom stereocenters. The lowest BCUT2D eigenvalue weighted by atomic mass is 9.91. The largest absolute Gasteiger partial charge is 0.490 e. The molecule has 6 rings (SSSR count). The Morgan fingerprint density at radius 3 is 2.51 bits per heavy atom. The second-order valence-electron chi connectivity index (χ2n) is 10.4. The maximum Gasteiger partial charge on any atom is 0.338 e. The highest BCUT2D eigenvalue weighted by Gasteiger charge is 2.34. The number of hydrogen-bond acceptors (Lipinski definition) is 7. The van der Waals surface area contributed by atoms with E-state index in [1.807, 2.05) is 97.9 Å². The highest BCUT2D eigenvalue weighted by atomic mass is 79.9. The Bertz CT molecular complexity index is 2110. The number of benzene rings is 4. The van der Waals surface area contributed by atoms with Gasteiger partial charge < -0.3 is 14.2 Å². The molecule has 0 amide bonds. The highest BCUT2D eigenvalue weighted by Crippen LogP contribution is 2.38. The SMILES string of the molecule is CCOC(=O)C1=C(C)N=c2s/c(=C/c3cc(Br)c(OCc4ccccc4)c(OCC)c3)c(=O)n2[C@H]1c1cccc2ccccc12. The second kappa shape index (κ2) is 13.3. The first-order valence-electron chi connectivity index (χ1n) is 14.7. The van der Waals surface area contributed by atoms with Crippen molar-refractivity contribution in [2.45, 2.75) is 33.4 Å². The quantitative estimate of drug-likeness (QED) is 0.162. The minimum absolute atomic E-state index is 0.213. The van der Waals surface area contributed by atoms with E-state index in [-0.39, 0.29) is 12.2 Å². The first-order valence-corrected chi connectivity index (χ1v) is 16.3. The summed E-state index contributed by atoms with van der Waals surface area (Å²) in [4.78, 5) is 32.8. The summed E-state index contributed by atoms with van der Waals surface area (Å²) in [5.41, 5.74) is 3.26. The van der Waals surface area contributed by atoms with Crippen molar-refractivity contribution in [2.24, 2.45) is 4.99 Å². The molecule has 0 bridgehead atoms. The van der Waals surface area contributed by atoms with E-state index in [0.717, 1.165) is 27.5 Å². The molecule has 0 aliphatic carbocycles. The summed E-state index contributed by atoms with van der Waals surface area (Å²) < 4.78 is 20.4. The molecule has 2 heterocycles. The highest BCUT2D eigenvalue weighted by molar-refractivity contribution is 9.10. The molecule has 7 nitrogen and oxygen atoms in total. The number of fused-ring (bicyclic) bond motifs is 2. The number of hydrogen-bond donors (Lipinski definition) is 0. The molecule has 1 aliphatic heterocycles. The molecule has 0 spiro atoms. The number of halogens is 1. The maximum atomic E-state index is 14.2. The molecule has 228 valence electrons. The van der Waals surface area contributed by atoms with Gasteiger partial charge in [-0.1, -0.05) is 84.1 Å². The van der Waals surface area contributed by atoms with Crippen molar-refractivity contribution in [3.63, 3.8) is 0 Å². The molecule has 0 fully saturated rings. The number of nitrogens with zero attached hydrogens (tertiary/aromatic N) is 2. The molecule has 1 aliphatic rings. The van der Waals surface area contributed by atoms with Crippen LogP contribution in [0.2, 0.25) is 0 Å². The number of ether oxygens (including phenoxy) is 3. The van der Waals surface area contributed by atoms with Crippen LogP contribution in [0.25, 0.3) is 16.8 Å². The first-order chi connectivity index (χ1) is 21.9. The van der Waals surface area contributed by atoms with Gasteiger partial charge in [0.25, 0.3) is 5.56 Å². The minimum atomic E-state index is -0.701. The van der Waals surface area contributed by atoms with Crippen LogP contribution in [0.15, 0.2) is 110 Å². The third kappa shape index (κ3) is 6.10.